The second kappa shape index (κ2) is 5.07. The van der Waals surface area contributed by atoms with Crippen LogP contribution in [0.15, 0.2) is 18.6 Å². The molecule has 0 amide bonds. The molecule has 15 heavy (non-hydrogen) atoms. The molecule has 1 fully saturated rings. The van der Waals surface area contributed by atoms with Gasteiger partial charge in [0.25, 0.3) is 0 Å². The van der Waals surface area contributed by atoms with Gasteiger partial charge in [-0.1, -0.05) is 0 Å². The van der Waals surface area contributed by atoms with Crippen LogP contribution in [0.2, 0.25) is 0 Å². The standard InChI is InChI=1S/C11H18N4/c1-15(11-5-8-13-9-14-11)10-3-2-6-12-7-4-10/h5,8-10,12H,2-4,6-7H2,1H3. The maximum absolute atomic E-state index is 4.28. The lowest BCUT2D eigenvalue weighted by molar-refractivity contribution is 0.562. The third kappa shape index (κ3) is 2.65. The maximum Gasteiger partial charge on any atom is 0.131 e. The Morgan fingerprint density at radius 2 is 2.33 bits per heavy atom. The Labute approximate surface area is 90.7 Å². The molecule has 2 rings (SSSR count). The first-order valence-electron chi connectivity index (χ1n) is 5.57. The molecular formula is C11H18N4. The molecule has 4 heteroatoms. The van der Waals surface area contributed by atoms with E-state index in [2.05, 4.69) is 27.2 Å². The van der Waals surface area contributed by atoms with Gasteiger partial charge < -0.3 is 10.2 Å². The van der Waals surface area contributed by atoms with Crippen LogP contribution in [-0.2, 0) is 0 Å². The number of hydrogen-bond acceptors (Lipinski definition) is 4. The molecule has 1 aliphatic heterocycles. The van der Waals surface area contributed by atoms with Gasteiger partial charge in [-0.15, -0.1) is 0 Å². The average molecular weight is 206 g/mol. The Kier molecular flexibility index (Phi) is 3.50. The monoisotopic (exact) mass is 206 g/mol. The van der Waals surface area contributed by atoms with Gasteiger partial charge in [-0.25, -0.2) is 9.97 Å². The van der Waals surface area contributed by atoms with E-state index in [0.29, 0.717) is 6.04 Å². The molecule has 0 spiro atoms. The normalized spacial score (nSPS) is 22.1. The van der Waals surface area contributed by atoms with Gasteiger partial charge in [0.1, 0.15) is 12.1 Å². The fraction of sp³-hybridized carbons (Fsp3) is 0.636. The number of aromatic nitrogens is 2. The zero-order valence-corrected chi connectivity index (χ0v) is 9.19. The van der Waals surface area contributed by atoms with E-state index in [0.717, 1.165) is 18.9 Å². The van der Waals surface area contributed by atoms with Crippen molar-refractivity contribution in [3.05, 3.63) is 18.6 Å². The van der Waals surface area contributed by atoms with Crippen LogP contribution < -0.4 is 10.2 Å². The number of rotatable bonds is 2. The summed E-state index contributed by atoms with van der Waals surface area (Å²) in [5.41, 5.74) is 0. The molecule has 82 valence electrons. The lowest BCUT2D eigenvalue weighted by atomic mass is 10.1. The highest BCUT2D eigenvalue weighted by Crippen LogP contribution is 2.17. The quantitative estimate of drug-likeness (QED) is 0.785. The van der Waals surface area contributed by atoms with Crippen LogP contribution in [0.5, 0.6) is 0 Å². The summed E-state index contributed by atoms with van der Waals surface area (Å²) in [6.45, 7) is 2.26. The van der Waals surface area contributed by atoms with Crippen LogP contribution in [0.4, 0.5) is 5.82 Å². The van der Waals surface area contributed by atoms with Crippen LogP contribution in [-0.4, -0.2) is 36.1 Å². The predicted octanol–water partition coefficient (Wildman–Crippen LogP) is 1.05. The third-order valence-electron chi connectivity index (χ3n) is 3.02. The van der Waals surface area contributed by atoms with Crippen molar-refractivity contribution < 1.29 is 0 Å². The number of anilines is 1. The molecule has 1 aliphatic rings. The van der Waals surface area contributed by atoms with Crippen LogP contribution in [0, 0.1) is 0 Å². The fourth-order valence-corrected chi connectivity index (χ4v) is 2.07. The van der Waals surface area contributed by atoms with E-state index >= 15 is 0 Å². The van der Waals surface area contributed by atoms with E-state index in [-0.39, 0.29) is 0 Å². The van der Waals surface area contributed by atoms with Crippen LogP contribution in [0.1, 0.15) is 19.3 Å². The molecule has 0 aliphatic carbocycles. The zero-order valence-electron chi connectivity index (χ0n) is 9.19. The molecule has 0 saturated carbocycles. The van der Waals surface area contributed by atoms with Crippen molar-refractivity contribution in [2.45, 2.75) is 25.3 Å². The summed E-state index contributed by atoms with van der Waals surface area (Å²) in [4.78, 5) is 10.5. The van der Waals surface area contributed by atoms with Gasteiger partial charge in [0.05, 0.1) is 0 Å². The minimum atomic E-state index is 0.606. The Bertz CT molecular complexity index is 280. The number of nitrogens with zero attached hydrogens (tertiary/aromatic N) is 3. The summed E-state index contributed by atoms with van der Waals surface area (Å²) in [6, 6.07) is 2.58. The Morgan fingerprint density at radius 3 is 3.13 bits per heavy atom. The Hall–Kier alpha value is -1.16. The van der Waals surface area contributed by atoms with Gasteiger partial charge in [0, 0.05) is 19.3 Å². The molecule has 1 saturated heterocycles. The second-order valence-corrected chi connectivity index (χ2v) is 4.01. The van der Waals surface area contributed by atoms with Crippen molar-refractivity contribution in [3.8, 4) is 0 Å². The van der Waals surface area contributed by atoms with Crippen molar-refractivity contribution in [2.75, 3.05) is 25.0 Å². The third-order valence-corrected chi connectivity index (χ3v) is 3.02. The summed E-state index contributed by atoms with van der Waals surface area (Å²) in [5.74, 6) is 1.02. The first-order valence-corrected chi connectivity index (χ1v) is 5.57. The van der Waals surface area contributed by atoms with Gasteiger partial charge in [0.2, 0.25) is 0 Å². The zero-order chi connectivity index (χ0) is 10.5. The minimum absolute atomic E-state index is 0.606. The van der Waals surface area contributed by atoms with Gasteiger partial charge >= 0.3 is 0 Å². The first-order chi connectivity index (χ1) is 7.38. The molecule has 1 atom stereocenters. The van der Waals surface area contributed by atoms with Crippen molar-refractivity contribution in [1.82, 2.24) is 15.3 Å². The average Bonchev–Trinajstić information content (AvgIpc) is 2.58. The van der Waals surface area contributed by atoms with E-state index < -0.39 is 0 Å². The summed E-state index contributed by atoms with van der Waals surface area (Å²) in [6.07, 6.45) is 7.10. The Morgan fingerprint density at radius 1 is 1.40 bits per heavy atom. The molecule has 2 heterocycles. The predicted molar refractivity (Wildman–Crippen MR) is 60.9 cm³/mol. The highest BCUT2D eigenvalue weighted by Gasteiger charge is 2.17. The van der Waals surface area contributed by atoms with E-state index in [1.165, 1.54) is 19.3 Å². The highest BCUT2D eigenvalue weighted by atomic mass is 15.2. The molecular weight excluding hydrogens is 188 g/mol. The van der Waals surface area contributed by atoms with Crippen molar-refractivity contribution in [2.24, 2.45) is 0 Å². The van der Waals surface area contributed by atoms with E-state index in [9.17, 15) is 0 Å². The number of hydrogen-bond donors (Lipinski definition) is 1. The van der Waals surface area contributed by atoms with Gasteiger partial charge in [-0.2, -0.15) is 0 Å². The minimum Gasteiger partial charge on any atom is -0.357 e. The van der Waals surface area contributed by atoms with E-state index in [1.54, 1.807) is 12.5 Å². The van der Waals surface area contributed by atoms with Crippen LogP contribution >= 0.6 is 0 Å². The summed E-state index contributed by atoms with van der Waals surface area (Å²) in [5, 5.41) is 3.42. The molecule has 1 unspecified atom stereocenters. The van der Waals surface area contributed by atoms with Crippen molar-refractivity contribution in [1.29, 1.82) is 0 Å². The lowest BCUT2D eigenvalue weighted by Gasteiger charge is -2.27. The SMILES string of the molecule is CN(c1ccncn1)C1CCCNCC1. The highest BCUT2D eigenvalue weighted by molar-refractivity contribution is 5.36. The molecule has 0 radical (unpaired) electrons. The summed E-state index contributed by atoms with van der Waals surface area (Å²) >= 11 is 0. The van der Waals surface area contributed by atoms with Gasteiger partial charge in [-0.05, 0) is 38.4 Å². The van der Waals surface area contributed by atoms with Gasteiger partial charge in [0.15, 0.2) is 0 Å². The molecule has 4 nitrogen and oxygen atoms in total. The largest absolute Gasteiger partial charge is 0.357 e. The second-order valence-electron chi connectivity index (χ2n) is 4.01. The number of nitrogens with one attached hydrogen (secondary N) is 1. The molecule has 0 aromatic carbocycles. The van der Waals surface area contributed by atoms with Gasteiger partial charge in [-0.3, -0.25) is 0 Å². The van der Waals surface area contributed by atoms with E-state index in [4.69, 9.17) is 0 Å². The summed E-state index contributed by atoms with van der Waals surface area (Å²) < 4.78 is 0. The maximum atomic E-state index is 4.28. The van der Waals surface area contributed by atoms with Crippen molar-refractivity contribution in [3.63, 3.8) is 0 Å². The lowest BCUT2D eigenvalue weighted by Crippen LogP contribution is -2.32. The van der Waals surface area contributed by atoms with Crippen LogP contribution in [0.3, 0.4) is 0 Å². The molecule has 0 bridgehead atoms. The van der Waals surface area contributed by atoms with E-state index in [1.807, 2.05) is 6.07 Å². The fourth-order valence-electron chi connectivity index (χ4n) is 2.07. The smallest absolute Gasteiger partial charge is 0.131 e. The Balaban J connectivity index is 2.03. The summed E-state index contributed by atoms with van der Waals surface area (Å²) in [7, 11) is 2.12. The van der Waals surface area contributed by atoms with Crippen molar-refractivity contribution >= 4 is 5.82 Å². The first kappa shape index (κ1) is 10.4. The topological polar surface area (TPSA) is 41.1 Å². The molecule has 1 aromatic heterocycles. The molecule has 1 N–H and O–H groups in total. The molecule has 1 aromatic rings. The van der Waals surface area contributed by atoms with Crippen LogP contribution in [0.25, 0.3) is 0 Å².